The standard InChI is InChI=1S/C27H33FN10O/c1-17-12-21(32-22-13-18(2)35-36-22)33-25(31-17)37-10-8-27(5,9-11-37)34-24(39)26(3,4)19-6-7-23(29-14-19)38-16-20(28)15-30-38/h6-7,12-16H,8-11H2,1-5H3,(H,34,39)(H2,31,32,33,35,36). The summed E-state index contributed by atoms with van der Waals surface area (Å²) in [6.07, 6.45) is 5.52. The minimum absolute atomic E-state index is 0.0780. The number of hydrogen-bond acceptors (Lipinski definition) is 8. The number of nitrogens with one attached hydrogen (secondary N) is 3. The first-order chi connectivity index (χ1) is 18.5. The molecule has 0 saturated carbocycles. The Hall–Kier alpha value is -4.35. The maximum Gasteiger partial charge on any atom is 0.230 e. The zero-order valence-corrected chi connectivity index (χ0v) is 22.8. The molecule has 1 aliphatic heterocycles. The van der Waals surface area contributed by atoms with E-state index in [0.29, 0.717) is 36.5 Å². The molecule has 1 saturated heterocycles. The quantitative estimate of drug-likeness (QED) is 0.328. The highest BCUT2D eigenvalue weighted by atomic mass is 19.1. The maximum absolute atomic E-state index is 13.5. The van der Waals surface area contributed by atoms with Gasteiger partial charge >= 0.3 is 0 Å². The molecule has 0 aromatic carbocycles. The first-order valence-corrected chi connectivity index (χ1v) is 12.9. The van der Waals surface area contributed by atoms with Gasteiger partial charge in [-0.15, -0.1) is 0 Å². The number of hydrogen-bond donors (Lipinski definition) is 3. The van der Waals surface area contributed by atoms with Crippen LogP contribution in [0.2, 0.25) is 0 Å². The molecule has 39 heavy (non-hydrogen) atoms. The van der Waals surface area contributed by atoms with E-state index in [-0.39, 0.29) is 11.4 Å². The van der Waals surface area contributed by atoms with Gasteiger partial charge in [0.15, 0.2) is 17.5 Å². The molecule has 12 heteroatoms. The van der Waals surface area contributed by atoms with E-state index in [1.54, 1.807) is 12.3 Å². The summed E-state index contributed by atoms with van der Waals surface area (Å²) in [5.41, 5.74) is 1.39. The molecule has 1 amide bonds. The van der Waals surface area contributed by atoms with Crippen molar-refractivity contribution in [3.05, 3.63) is 65.6 Å². The molecule has 1 fully saturated rings. The van der Waals surface area contributed by atoms with Crippen molar-refractivity contribution < 1.29 is 9.18 Å². The molecule has 0 spiro atoms. The lowest BCUT2D eigenvalue weighted by Crippen LogP contribution is -2.57. The van der Waals surface area contributed by atoms with Crippen molar-refractivity contribution in [2.45, 2.75) is 58.4 Å². The average molecular weight is 533 g/mol. The molecular formula is C27H33FN10O. The van der Waals surface area contributed by atoms with Crippen LogP contribution in [0.1, 0.15) is 50.6 Å². The molecule has 0 bridgehead atoms. The number of aromatic nitrogens is 7. The highest BCUT2D eigenvalue weighted by Gasteiger charge is 2.38. The third kappa shape index (κ3) is 5.74. The third-order valence-corrected chi connectivity index (χ3v) is 7.19. The largest absolute Gasteiger partial charge is 0.350 e. The number of halogens is 1. The van der Waals surface area contributed by atoms with Crippen LogP contribution in [0, 0.1) is 19.7 Å². The lowest BCUT2D eigenvalue weighted by Gasteiger charge is -2.41. The normalized spacial score (nSPS) is 15.3. The van der Waals surface area contributed by atoms with Gasteiger partial charge in [-0.05, 0) is 59.1 Å². The molecule has 5 heterocycles. The lowest BCUT2D eigenvalue weighted by molar-refractivity contribution is -0.127. The summed E-state index contributed by atoms with van der Waals surface area (Å²) >= 11 is 0. The van der Waals surface area contributed by atoms with Crippen molar-refractivity contribution in [1.29, 1.82) is 0 Å². The number of rotatable bonds is 7. The van der Waals surface area contributed by atoms with Gasteiger partial charge in [-0.2, -0.15) is 15.2 Å². The number of anilines is 3. The average Bonchev–Trinajstić information content (AvgIpc) is 3.51. The lowest BCUT2D eigenvalue weighted by atomic mass is 9.82. The van der Waals surface area contributed by atoms with E-state index in [4.69, 9.17) is 4.98 Å². The smallest absolute Gasteiger partial charge is 0.230 e. The summed E-state index contributed by atoms with van der Waals surface area (Å²) in [5, 5.41) is 17.6. The molecular weight excluding hydrogens is 499 g/mol. The minimum Gasteiger partial charge on any atom is -0.350 e. The van der Waals surface area contributed by atoms with E-state index in [0.717, 1.165) is 36.0 Å². The third-order valence-electron chi connectivity index (χ3n) is 7.19. The Morgan fingerprint density at radius 3 is 2.49 bits per heavy atom. The van der Waals surface area contributed by atoms with E-state index in [1.165, 1.54) is 10.9 Å². The molecule has 4 aromatic heterocycles. The number of pyridine rings is 1. The van der Waals surface area contributed by atoms with E-state index in [9.17, 15) is 9.18 Å². The molecule has 0 unspecified atom stereocenters. The Morgan fingerprint density at radius 2 is 1.87 bits per heavy atom. The summed E-state index contributed by atoms with van der Waals surface area (Å²) in [5.74, 6) is 2.01. The number of aromatic amines is 1. The Balaban J connectivity index is 1.22. The van der Waals surface area contributed by atoms with Crippen LogP contribution in [0.4, 0.5) is 22.0 Å². The number of nitrogens with zero attached hydrogens (tertiary/aromatic N) is 7. The van der Waals surface area contributed by atoms with E-state index >= 15 is 0 Å². The zero-order chi connectivity index (χ0) is 27.8. The fourth-order valence-electron chi connectivity index (χ4n) is 4.58. The SMILES string of the molecule is Cc1cc(Nc2cc(C)[nH]n2)nc(N2CCC(C)(NC(=O)C(C)(C)c3ccc(-n4cc(F)cn4)nc3)CC2)n1. The van der Waals surface area contributed by atoms with Gasteiger partial charge < -0.3 is 15.5 Å². The Morgan fingerprint density at radius 1 is 1.10 bits per heavy atom. The molecule has 1 aliphatic rings. The van der Waals surface area contributed by atoms with Crippen LogP contribution in [0.3, 0.4) is 0 Å². The van der Waals surface area contributed by atoms with Crippen molar-refractivity contribution in [3.8, 4) is 5.82 Å². The van der Waals surface area contributed by atoms with Gasteiger partial charge in [-0.25, -0.2) is 19.0 Å². The molecule has 5 rings (SSSR count). The second kappa shape index (κ2) is 10.1. The number of H-pyrrole nitrogens is 1. The van der Waals surface area contributed by atoms with Crippen LogP contribution in [0.25, 0.3) is 5.82 Å². The Bertz CT molecular complexity index is 1470. The molecule has 204 valence electrons. The summed E-state index contributed by atoms with van der Waals surface area (Å²) in [7, 11) is 0. The molecule has 0 atom stereocenters. The van der Waals surface area contributed by atoms with Crippen LogP contribution < -0.4 is 15.5 Å². The van der Waals surface area contributed by atoms with Crippen LogP contribution in [0.5, 0.6) is 0 Å². The first-order valence-electron chi connectivity index (χ1n) is 12.9. The number of piperidine rings is 1. The van der Waals surface area contributed by atoms with Gasteiger partial charge in [0.25, 0.3) is 0 Å². The molecule has 4 aromatic rings. The fraction of sp³-hybridized carbons (Fsp3) is 0.407. The maximum atomic E-state index is 13.5. The summed E-state index contributed by atoms with van der Waals surface area (Å²) < 4.78 is 14.7. The minimum atomic E-state index is -0.814. The summed E-state index contributed by atoms with van der Waals surface area (Å²) in [6.45, 7) is 11.1. The number of carbonyl (C=O) groups is 1. The van der Waals surface area contributed by atoms with Crippen molar-refractivity contribution in [1.82, 2.24) is 40.2 Å². The van der Waals surface area contributed by atoms with Crippen LogP contribution >= 0.6 is 0 Å². The van der Waals surface area contributed by atoms with Gasteiger partial charge in [0.05, 0.1) is 17.8 Å². The second-order valence-corrected chi connectivity index (χ2v) is 10.9. The van der Waals surface area contributed by atoms with Crippen LogP contribution in [0.15, 0.2) is 42.9 Å². The van der Waals surface area contributed by atoms with E-state index in [2.05, 4.69) is 47.7 Å². The molecule has 0 radical (unpaired) electrons. The highest BCUT2D eigenvalue weighted by molar-refractivity contribution is 5.87. The van der Waals surface area contributed by atoms with Gasteiger partial charge in [0.1, 0.15) is 5.82 Å². The van der Waals surface area contributed by atoms with Gasteiger partial charge in [-0.3, -0.25) is 9.89 Å². The van der Waals surface area contributed by atoms with Gasteiger partial charge in [0.2, 0.25) is 11.9 Å². The highest BCUT2D eigenvalue weighted by Crippen LogP contribution is 2.29. The van der Waals surface area contributed by atoms with Crippen LogP contribution in [-0.4, -0.2) is 59.5 Å². The Labute approximate surface area is 226 Å². The molecule has 11 nitrogen and oxygen atoms in total. The van der Waals surface area contributed by atoms with Gasteiger partial charge in [-0.1, -0.05) is 6.07 Å². The van der Waals surface area contributed by atoms with Crippen LogP contribution in [-0.2, 0) is 10.2 Å². The number of carbonyl (C=O) groups excluding carboxylic acids is 1. The Kier molecular flexibility index (Phi) is 6.79. The molecule has 0 aliphatic carbocycles. The summed E-state index contributed by atoms with van der Waals surface area (Å²) in [6, 6.07) is 7.36. The van der Waals surface area contributed by atoms with Crippen molar-refractivity contribution in [2.75, 3.05) is 23.3 Å². The zero-order valence-electron chi connectivity index (χ0n) is 22.8. The van der Waals surface area contributed by atoms with Crippen molar-refractivity contribution in [3.63, 3.8) is 0 Å². The molecule has 3 N–H and O–H groups in total. The summed E-state index contributed by atoms with van der Waals surface area (Å²) in [4.78, 5) is 29.3. The predicted molar refractivity (Wildman–Crippen MR) is 146 cm³/mol. The van der Waals surface area contributed by atoms with Crippen molar-refractivity contribution >= 4 is 23.5 Å². The topological polar surface area (TPSA) is 130 Å². The number of amides is 1. The van der Waals surface area contributed by atoms with E-state index in [1.807, 2.05) is 45.9 Å². The van der Waals surface area contributed by atoms with Gasteiger partial charge in [0, 0.05) is 48.3 Å². The van der Waals surface area contributed by atoms with Crippen molar-refractivity contribution in [2.24, 2.45) is 0 Å². The van der Waals surface area contributed by atoms with E-state index < -0.39 is 11.2 Å². The number of aryl methyl sites for hydroxylation is 2. The predicted octanol–water partition coefficient (Wildman–Crippen LogP) is 3.73. The monoisotopic (exact) mass is 532 g/mol. The second-order valence-electron chi connectivity index (χ2n) is 10.9. The fourth-order valence-corrected chi connectivity index (χ4v) is 4.58. The first kappa shape index (κ1) is 26.3.